The number of rotatable bonds is 3. The Labute approximate surface area is 145 Å². The molecule has 7 heteroatoms. The number of amides is 1. The number of phenolic OH excluding ortho intramolecular Hbond substituents is 1. The molecule has 3 rings (SSSR count). The zero-order valence-electron chi connectivity index (χ0n) is 13.4. The second-order valence-electron chi connectivity index (χ2n) is 5.88. The fourth-order valence-corrected chi connectivity index (χ4v) is 3.13. The van der Waals surface area contributed by atoms with Gasteiger partial charge >= 0.3 is 0 Å². The van der Waals surface area contributed by atoms with Crippen LogP contribution in [0, 0.1) is 0 Å². The van der Waals surface area contributed by atoms with E-state index in [2.05, 4.69) is 15.1 Å². The summed E-state index contributed by atoms with van der Waals surface area (Å²) in [4.78, 5) is 16.5. The maximum Gasteiger partial charge on any atom is 0.253 e. The van der Waals surface area contributed by atoms with Crippen molar-refractivity contribution >= 4 is 23.3 Å². The number of carbonyl (C=O) groups is 1. The van der Waals surface area contributed by atoms with E-state index in [1.165, 1.54) is 12.1 Å². The van der Waals surface area contributed by atoms with Crippen LogP contribution in [0.1, 0.15) is 23.2 Å². The van der Waals surface area contributed by atoms with Crippen LogP contribution < -0.4 is 4.90 Å². The molecule has 126 valence electrons. The fourth-order valence-electron chi connectivity index (χ4n) is 2.95. The summed E-state index contributed by atoms with van der Waals surface area (Å²) in [5.74, 6) is 0.766. The van der Waals surface area contributed by atoms with E-state index in [-0.39, 0.29) is 16.7 Å². The molecule has 0 atom stereocenters. The number of nitrogens with zero attached hydrogens (tertiary/aromatic N) is 4. The van der Waals surface area contributed by atoms with Gasteiger partial charge in [0.2, 0.25) is 0 Å². The summed E-state index contributed by atoms with van der Waals surface area (Å²) in [5, 5.41) is 17.7. The van der Waals surface area contributed by atoms with Crippen molar-refractivity contribution < 1.29 is 9.90 Å². The SMILES string of the molecule is CN(c1cccnn1)C1CCN(C(=O)c2ccc(O)c(Cl)c2)CC1. The molecule has 0 radical (unpaired) electrons. The van der Waals surface area contributed by atoms with Gasteiger partial charge in [-0.15, -0.1) is 5.10 Å². The molecule has 0 aliphatic carbocycles. The monoisotopic (exact) mass is 346 g/mol. The van der Waals surface area contributed by atoms with Crippen LogP contribution in [0.2, 0.25) is 5.02 Å². The van der Waals surface area contributed by atoms with Crippen LogP contribution in [-0.4, -0.2) is 52.3 Å². The van der Waals surface area contributed by atoms with Gasteiger partial charge in [0.25, 0.3) is 5.91 Å². The number of benzene rings is 1. The molecule has 0 saturated carbocycles. The molecule has 1 saturated heterocycles. The topological polar surface area (TPSA) is 69.6 Å². The predicted molar refractivity (Wildman–Crippen MR) is 92.5 cm³/mol. The number of anilines is 1. The van der Waals surface area contributed by atoms with Crippen LogP contribution in [0.25, 0.3) is 0 Å². The molecule has 0 spiro atoms. The normalized spacial score (nSPS) is 15.3. The van der Waals surface area contributed by atoms with Crippen LogP contribution in [-0.2, 0) is 0 Å². The van der Waals surface area contributed by atoms with Gasteiger partial charge in [-0.05, 0) is 43.2 Å². The molecule has 1 fully saturated rings. The molecule has 1 N–H and O–H groups in total. The Hall–Kier alpha value is -2.34. The quantitative estimate of drug-likeness (QED) is 0.925. The number of phenols is 1. The lowest BCUT2D eigenvalue weighted by molar-refractivity contribution is 0.0713. The van der Waals surface area contributed by atoms with Gasteiger partial charge in [0.15, 0.2) is 5.82 Å². The molecule has 1 amide bonds. The van der Waals surface area contributed by atoms with Gasteiger partial charge in [-0.2, -0.15) is 5.10 Å². The minimum atomic E-state index is -0.0579. The first-order chi connectivity index (χ1) is 11.6. The largest absolute Gasteiger partial charge is 0.506 e. The van der Waals surface area contributed by atoms with E-state index in [0.29, 0.717) is 24.7 Å². The van der Waals surface area contributed by atoms with Crippen molar-refractivity contribution in [1.29, 1.82) is 0 Å². The van der Waals surface area contributed by atoms with Gasteiger partial charge in [0.1, 0.15) is 5.75 Å². The van der Waals surface area contributed by atoms with Gasteiger partial charge in [0, 0.05) is 37.9 Å². The van der Waals surface area contributed by atoms with Crippen molar-refractivity contribution in [3.05, 3.63) is 47.1 Å². The maximum atomic E-state index is 12.6. The smallest absolute Gasteiger partial charge is 0.253 e. The standard InChI is InChI=1S/C17H19ClN4O2/c1-21(16-3-2-8-19-20-16)13-6-9-22(10-7-13)17(24)12-4-5-15(23)14(18)11-12/h2-5,8,11,13,23H,6-7,9-10H2,1H3. The highest BCUT2D eigenvalue weighted by atomic mass is 35.5. The Bertz CT molecular complexity index is 718. The third-order valence-electron chi connectivity index (χ3n) is 4.41. The van der Waals surface area contributed by atoms with Crippen LogP contribution in [0.5, 0.6) is 5.75 Å². The van der Waals surface area contributed by atoms with E-state index < -0.39 is 0 Å². The van der Waals surface area contributed by atoms with Crippen molar-refractivity contribution in [2.24, 2.45) is 0 Å². The third kappa shape index (κ3) is 3.43. The minimum Gasteiger partial charge on any atom is -0.506 e. The van der Waals surface area contributed by atoms with Crippen molar-refractivity contribution in [2.75, 3.05) is 25.0 Å². The number of hydrogen-bond acceptors (Lipinski definition) is 5. The third-order valence-corrected chi connectivity index (χ3v) is 4.72. The second-order valence-corrected chi connectivity index (χ2v) is 6.29. The summed E-state index contributed by atoms with van der Waals surface area (Å²) < 4.78 is 0. The first-order valence-electron chi connectivity index (χ1n) is 7.84. The van der Waals surface area contributed by atoms with Crippen molar-refractivity contribution in [1.82, 2.24) is 15.1 Å². The highest BCUT2D eigenvalue weighted by Gasteiger charge is 2.26. The Morgan fingerprint density at radius 2 is 2.08 bits per heavy atom. The summed E-state index contributed by atoms with van der Waals surface area (Å²) in [6.45, 7) is 1.35. The summed E-state index contributed by atoms with van der Waals surface area (Å²) >= 11 is 5.89. The molecule has 1 aromatic carbocycles. The molecule has 6 nitrogen and oxygen atoms in total. The Kier molecular flexibility index (Phi) is 4.85. The number of piperidine rings is 1. The van der Waals surface area contributed by atoms with E-state index in [9.17, 15) is 9.90 Å². The lowest BCUT2D eigenvalue weighted by Gasteiger charge is -2.37. The van der Waals surface area contributed by atoms with E-state index in [1.807, 2.05) is 24.1 Å². The van der Waals surface area contributed by atoms with Gasteiger partial charge < -0.3 is 14.9 Å². The maximum absolute atomic E-state index is 12.6. The summed E-state index contributed by atoms with van der Waals surface area (Å²) in [6.07, 6.45) is 3.39. The number of aromatic nitrogens is 2. The average Bonchev–Trinajstić information content (AvgIpc) is 2.63. The van der Waals surface area contributed by atoms with Gasteiger partial charge in [-0.25, -0.2) is 0 Å². The summed E-state index contributed by atoms with van der Waals surface area (Å²) in [7, 11) is 2.01. The first-order valence-corrected chi connectivity index (χ1v) is 8.22. The van der Waals surface area contributed by atoms with Crippen molar-refractivity contribution in [2.45, 2.75) is 18.9 Å². The molecular weight excluding hydrogens is 328 g/mol. The second kappa shape index (κ2) is 7.05. The number of aromatic hydroxyl groups is 1. The van der Waals surface area contributed by atoms with Gasteiger partial charge in [-0.1, -0.05) is 11.6 Å². The van der Waals surface area contributed by atoms with Gasteiger partial charge in [-0.3, -0.25) is 4.79 Å². The molecule has 1 aliphatic heterocycles. The van der Waals surface area contributed by atoms with E-state index >= 15 is 0 Å². The van der Waals surface area contributed by atoms with Crippen LogP contribution >= 0.6 is 11.6 Å². The molecule has 2 aromatic rings. The zero-order valence-corrected chi connectivity index (χ0v) is 14.1. The zero-order chi connectivity index (χ0) is 17.1. The molecule has 0 unspecified atom stereocenters. The number of hydrogen-bond donors (Lipinski definition) is 1. The lowest BCUT2D eigenvalue weighted by Crippen LogP contribution is -2.45. The molecule has 2 heterocycles. The fraction of sp³-hybridized carbons (Fsp3) is 0.353. The Balaban J connectivity index is 1.62. The van der Waals surface area contributed by atoms with Gasteiger partial charge in [0.05, 0.1) is 5.02 Å². The summed E-state index contributed by atoms with van der Waals surface area (Å²) in [5.41, 5.74) is 0.499. The molecule has 0 bridgehead atoms. The average molecular weight is 347 g/mol. The number of carbonyl (C=O) groups excluding carboxylic acids is 1. The minimum absolute atomic E-state index is 0.0162. The molecule has 24 heavy (non-hydrogen) atoms. The van der Waals surface area contributed by atoms with Crippen molar-refractivity contribution in [3.63, 3.8) is 0 Å². The Morgan fingerprint density at radius 3 is 2.71 bits per heavy atom. The molecule has 1 aliphatic rings. The highest BCUT2D eigenvalue weighted by Crippen LogP contribution is 2.26. The van der Waals surface area contributed by atoms with Crippen LogP contribution in [0.4, 0.5) is 5.82 Å². The number of likely N-dealkylation sites (tertiary alicyclic amines) is 1. The Morgan fingerprint density at radius 1 is 1.33 bits per heavy atom. The van der Waals surface area contributed by atoms with E-state index in [4.69, 9.17) is 11.6 Å². The van der Waals surface area contributed by atoms with Crippen LogP contribution in [0.15, 0.2) is 36.5 Å². The first kappa shape index (κ1) is 16.5. The molecule has 1 aromatic heterocycles. The summed E-state index contributed by atoms with van der Waals surface area (Å²) in [6, 6.07) is 8.69. The lowest BCUT2D eigenvalue weighted by atomic mass is 10.0. The number of halogens is 1. The van der Waals surface area contributed by atoms with E-state index in [0.717, 1.165) is 18.7 Å². The molecular formula is C17H19ClN4O2. The van der Waals surface area contributed by atoms with Crippen molar-refractivity contribution in [3.8, 4) is 5.75 Å². The van der Waals surface area contributed by atoms with E-state index in [1.54, 1.807) is 12.3 Å². The van der Waals surface area contributed by atoms with Crippen LogP contribution in [0.3, 0.4) is 0 Å². The predicted octanol–water partition coefficient (Wildman–Crippen LogP) is 2.58. The highest BCUT2D eigenvalue weighted by molar-refractivity contribution is 6.32.